The normalized spacial score (nSPS) is 9.75. The highest BCUT2D eigenvalue weighted by Crippen LogP contribution is 2.22. The molecule has 0 N–H and O–H groups in total. The zero-order chi connectivity index (χ0) is 57.9. The molecule has 6 nitrogen and oxygen atoms in total. The van der Waals surface area contributed by atoms with E-state index in [9.17, 15) is 4.39 Å². The van der Waals surface area contributed by atoms with Gasteiger partial charge in [-0.05, 0) is 237 Å². The summed E-state index contributed by atoms with van der Waals surface area (Å²) in [4.78, 5) is 28.9. The molecule has 77 heavy (non-hydrogen) atoms. The minimum absolute atomic E-state index is 0.116. The van der Waals surface area contributed by atoms with E-state index in [1.807, 2.05) is 137 Å². The van der Waals surface area contributed by atoms with Crippen molar-refractivity contribution in [3.8, 4) is 0 Å². The minimum atomic E-state index is -0.116. The van der Waals surface area contributed by atoms with Crippen molar-refractivity contribution in [2.75, 3.05) is 0 Å². The fourth-order valence-electron chi connectivity index (χ4n) is 6.30. The fraction of sp³-hybridized carbons (Fsp3) is 0.323. The molecule has 12 heteroatoms. The van der Waals surface area contributed by atoms with Gasteiger partial charge in [0.1, 0.15) is 11.6 Å². The molecule has 0 fully saturated rings. The van der Waals surface area contributed by atoms with Gasteiger partial charge >= 0.3 is 0 Å². The maximum Gasteiger partial charge on any atom is 0.126 e. The number of nitrogens with zero attached hydrogens (tertiary/aromatic N) is 6. The molecule has 0 atom stereocenters. The van der Waals surface area contributed by atoms with Crippen LogP contribution in [0.2, 0.25) is 5.02 Å². The quantitative estimate of drug-likeness (QED) is 0.151. The Morgan fingerprint density at radius 3 is 1.29 bits per heavy atom. The summed E-state index contributed by atoms with van der Waals surface area (Å²) in [5, 5.41) is 6.37. The third-order valence-corrected chi connectivity index (χ3v) is 15.4. The van der Waals surface area contributed by atoms with Gasteiger partial charge < -0.3 is 0 Å². The highest BCUT2D eigenvalue weighted by molar-refractivity contribution is 7.18. The molecule has 0 radical (unpaired) electrons. The molecule has 0 amide bonds. The third-order valence-electron chi connectivity index (χ3n) is 11.1. The highest BCUT2D eigenvalue weighted by atomic mass is 35.5. The van der Waals surface area contributed by atoms with Gasteiger partial charge in [-0.2, -0.15) is 0 Å². The number of hydrogen-bond donors (Lipinski definition) is 0. The first-order valence-electron chi connectivity index (χ1n) is 25.4. The average Bonchev–Trinajstić information content (AvgIpc) is 4.11. The van der Waals surface area contributed by atoms with Gasteiger partial charge in [0.25, 0.3) is 0 Å². The second-order valence-electron chi connectivity index (χ2n) is 19.1. The number of thiophene rings is 1. The molecule has 10 aromatic rings. The Bertz CT molecular complexity index is 2990. The van der Waals surface area contributed by atoms with Crippen LogP contribution in [0, 0.1) is 151 Å². The van der Waals surface area contributed by atoms with Crippen molar-refractivity contribution in [1.29, 1.82) is 0 Å². The molecule has 0 aliphatic carbocycles. The topological polar surface area (TPSA) is 77.3 Å². The van der Waals surface area contributed by atoms with E-state index in [-0.39, 0.29) is 5.82 Å². The smallest absolute Gasteiger partial charge is 0.126 e. The minimum Gasteiger partial charge on any atom is -0.261 e. The molecule has 6 heterocycles. The Labute approximate surface area is 483 Å². The van der Waals surface area contributed by atoms with Crippen LogP contribution in [0.25, 0.3) is 10.2 Å². The standard InChI is InChI=1S/C9H9NS.C9H12.C8H9Cl.C8H9F.C7H9N.C7H10S.C6H8N2.C6H9NS.C5H7NS/c1-6-3-4-8-9(5-6)11-7(2)10-8;1-7-4-5-8(2)9(3)6-7;2*1-6-3-4-7(2)8(9)5-6;1-6-3-4-7(2)8-5-6;1-5-4-6(2)8-7(5)3;1-5-3-7-6(2)8-4-5;1-4-5(2)8-6(3)7-4;1-4-3-7-5(2)6-4/h3-5H,1-2H3;4-6H,1-3H3;2*3-5H,1-2H3;3-5H,1-2H3;4H,1-3H3;3-4H,1-2H3;1-3H3;3H,1-2H3. The summed E-state index contributed by atoms with van der Waals surface area (Å²) in [6.45, 7) is 42.7. The van der Waals surface area contributed by atoms with E-state index in [2.05, 4.69) is 145 Å². The largest absolute Gasteiger partial charge is 0.261 e. The second-order valence-corrected chi connectivity index (χ2v) is 24.6. The summed E-state index contributed by atoms with van der Waals surface area (Å²) in [5.41, 5.74) is 17.7. The Kier molecular flexibility index (Phi) is 30.5. The zero-order valence-electron chi connectivity index (χ0n) is 49.5. The van der Waals surface area contributed by atoms with Crippen molar-refractivity contribution >= 4 is 67.2 Å². The molecule has 0 saturated carbocycles. The molecule has 410 valence electrons. The Hall–Kier alpha value is -5.82. The monoisotopic (exact) mass is 1130 g/mol. The lowest BCUT2D eigenvalue weighted by Crippen LogP contribution is -1.84. The number of fused-ring (bicyclic) bond motifs is 1. The van der Waals surface area contributed by atoms with Gasteiger partial charge in [-0.1, -0.05) is 71.8 Å². The maximum atomic E-state index is 12.6. The number of aryl methyl sites for hydroxylation is 21. The molecule has 0 bridgehead atoms. The SMILES string of the molecule is Cc1cc(C)c(C)s1.Cc1ccc(C)c(C)c1.Cc1ccc(C)c(Cl)c1.Cc1ccc(C)c(F)c1.Cc1ccc(C)nc1.Cc1ccc2nc(C)sc2c1.Cc1cnc(C)nc1.Cc1csc(C)n1.Cc1nc(C)c(C)s1. The van der Waals surface area contributed by atoms with E-state index in [0.717, 1.165) is 54.5 Å². The number of benzene rings is 4. The lowest BCUT2D eigenvalue weighted by molar-refractivity contribution is 0.617. The first-order chi connectivity index (χ1) is 36.1. The van der Waals surface area contributed by atoms with Gasteiger partial charge in [0, 0.05) is 55.0 Å². The van der Waals surface area contributed by atoms with Crippen LogP contribution < -0.4 is 0 Å². The van der Waals surface area contributed by atoms with Crippen molar-refractivity contribution in [2.45, 2.75) is 145 Å². The van der Waals surface area contributed by atoms with Crippen LogP contribution in [0.4, 0.5) is 4.39 Å². The van der Waals surface area contributed by atoms with Crippen LogP contribution in [0.15, 0.2) is 115 Å². The summed E-state index contributed by atoms with van der Waals surface area (Å²) in [6.07, 6.45) is 5.49. The predicted molar refractivity (Wildman–Crippen MR) is 338 cm³/mol. The van der Waals surface area contributed by atoms with Gasteiger partial charge in [0.05, 0.1) is 30.9 Å². The molecule has 4 aromatic carbocycles. The lowest BCUT2D eigenvalue weighted by Gasteiger charge is -1.98. The fourth-order valence-corrected chi connectivity index (χ4v) is 9.80. The first kappa shape index (κ1) is 67.3. The van der Waals surface area contributed by atoms with Crippen molar-refractivity contribution in [3.63, 3.8) is 0 Å². The molecule has 6 aromatic heterocycles. The Morgan fingerprint density at radius 1 is 0.390 bits per heavy atom. The second kappa shape index (κ2) is 34.8. The molecule has 0 spiro atoms. The zero-order valence-corrected chi connectivity index (χ0v) is 53.6. The third kappa shape index (κ3) is 28.4. The predicted octanol–water partition coefficient (Wildman–Crippen LogP) is 20.2. The van der Waals surface area contributed by atoms with Gasteiger partial charge in [-0.3, -0.25) is 4.98 Å². The molecular formula is C65H82ClFN6S4. The van der Waals surface area contributed by atoms with Gasteiger partial charge in [-0.15, -0.1) is 45.3 Å². The first-order valence-corrected chi connectivity index (χ1v) is 29.1. The molecule has 10 rings (SSSR count). The Morgan fingerprint density at radius 2 is 0.922 bits per heavy atom. The Balaban J connectivity index is 0.000000297. The van der Waals surface area contributed by atoms with Crippen molar-refractivity contribution in [1.82, 2.24) is 29.9 Å². The van der Waals surface area contributed by atoms with E-state index < -0.39 is 0 Å². The number of hydrogen-bond acceptors (Lipinski definition) is 10. The highest BCUT2D eigenvalue weighted by Gasteiger charge is 1.99. The van der Waals surface area contributed by atoms with Crippen LogP contribution in [0.1, 0.15) is 114 Å². The van der Waals surface area contributed by atoms with Crippen LogP contribution >= 0.6 is 56.9 Å². The summed E-state index contributed by atoms with van der Waals surface area (Å²) in [7, 11) is 0. The van der Waals surface area contributed by atoms with Crippen LogP contribution in [-0.2, 0) is 0 Å². The van der Waals surface area contributed by atoms with Crippen molar-refractivity contribution in [2.24, 2.45) is 0 Å². The van der Waals surface area contributed by atoms with Crippen LogP contribution in [-0.4, -0.2) is 29.9 Å². The van der Waals surface area contributed by atoms with E-state index in [1.54, 1.807) is 47.0 Å². The van der Waals surface area contributed by atoms with Gasteiger partial charge in [0.15, 0.2) is 0 Å². The van der Waals surface area contributed by atoms with Crippen molar-refractivity contribution in [3.05, 3.63) is 240 Å². The van der Waals surface area contributed by atoms with E-state index in [4.69, 9.17) is 11.6 Å². The van der Waals surface area contributed by atoms with E-state index in [0.29, 0.717) is 5.56 Å². The van der Waals surface area contributed by atoms with Crippen LogP contribution in [0.3, 0.4) is 0 Å². The number of aromatic nitrogens is 6. The van der Waals surface area contributed by atoms with Crippen molar-refractivity contribution < 1.29 is 4.39 Å². The molecule has 0 aliphatic heterocycles. The lowest BCUT2D eigenvalue weighted by atomic mass is 10.1. The molecule has 0 unspecified atom stereocenters. The summed E-state index contributed by atoms with van der Waals surface area (Å²) < 4.78 is 13.9. The van der Waals surface area contributed by atoms with Gasteiger partial charge in [-0.25, -0.2) is 29.3 Å². The summed E-state index contributed by atoms with van der Waals surface area (Å²) in [6, 6.07) is 30.4. The van der Waals surface area contributed by atoms with Gasteiger partial charge in [0.2, 0.25) is 0 Å². The number of thiazole rings is 3. The number of rotatable bonds is 0. The van der Waals surface area contributed by atoms with E-state index in [1.165, 1.54) is 75.0 Å². The molecular weight excluding hydrogens is 1050 g/mol. The number of pyridine rings is 1. The molecule has 0 aliphatic rings. The summed E-state index contributed by atoms with van der Waals surface area (Å²) in [5.74, 6) is 0.714. The summed E-state index contributed by atoms with van der Waals surface area (Å²) >= 11 is 12.9. The number of halogens is 2. The van der Waals surface area contributed by atoms with E-state index >= 15 is 0 Å². The van der Waals surface area contributed by atoms with Crippen LogP contribution in [0.5, 0.6) is 0 Å². The molecule has 0 saturated heterocycles. The maximum absolute atomic E-state index is 12.6. The average molecular weight is 1130 g/mol.